The number of nitrogen functional groups attached to an aromatic ring is 1. The fraction of sp³-hybridized carbons (Fsp3) is 0. The Bertz CT molecular complexity index is 813. The molecule has 0 aliphatic carbocycles. The number of benzene rings is 2. The summed E-state index contributed by atoms with van der Waals surface area (Å²) in [4.78, 5) is 4.05. The molecule has 4 nitrogen and oxygen atoms in total. The molecule has 3 rings (SSSR count). The first kappa shape index (κ1) is 14.2. The molecule has 0 bridgehead atoms. The molecule has 0 aliphatic rings. The molecule has 22 heavy (non-hydrogen) atoms. The minimum absolute atomic E-state index is 0.260. The number of thiazole rings is 1. The topological polar surface area (TPSA) is 63.3 Å². The van der Waals surface area contributed by atoms with Gasteiger partial charge in [-0.2, -0.15) is 5.10 Å². The Labute approximate surface area is 131 Å². The van der Waals surface area contributed by atoms with Crippen molar-refractivity contribution in [2.45, 2.75) is 0 Å². The maximum absolute atomic E-state index is 14.0. The first-order chi connectivity index (χ1) is 10.7. The van der Waals surface area contributed by atoms with Crippen LogP contribution in [0, 0.1) is 5.82 Å². The van der Waals surface area contributed by atoms with E-state index in [-0.39, 0.29) is 5.82 Å². The Balaban J connectivity index is 1.87. The average Bonchev–Trinajstić information content (AvgIpc) is 2.94. The van der Waals surface area contributed by atoms with Crippen LogP contribution in [-0.4, -0.2) is 11.2 Å². The lowest BCUT2D eigenvalue weighted by molar-refractivity contribution is 0.631. The van der Waals surface area contributed by atoms with E-state index in [4.69, 9.17) is 5.73 Å². The third-order valence-corrected chi connectivity index (χ3v) is 3.78. The Hall–Kier alpha value is -2.73. The number of anilines is 2. The van der Waals surface area contributed by atoms with Crippen LogP contribution < -0.4 is 11.2 Å². The maximum Gasteiger partial charge on any atom is 0.205 e. The van der Waals surface area contributed by atoms with Crippen LogP contribution in [0.1, 0.15) is 5.56 Å². The molecule has 0 saturated carbocycles. The molecule has 3 N–H and O–H groups in total. The van der Waals surface area contributed by atoms with Crippen LogP contribution in [0.4, 0.5) is 15.3 Å². The Kier molecular flexibility index (Phi) is 4.11. The third kappa shape index (κ3) is 3.12. The van der Waals surface area contributed by atoms with Crippen LogP contribution in [0.5, 0.6) is 0 Å². The van der Waals surface area contributed by atoms with Gasteiger partial charge in [0.25, 0.3) is 0 Å². The third-order valence-electron chi connectivity index (χ3n) is 3.01. The van der Waals surface area contributed by atoms with E-state index in [0.29, 0.717) is 16.5 Å². The summed E-state index contributed by atoms with van der Waals surface area (Å²) in [6, 6.07) is 14.2. The molecule has 0 spiro atoms. The van der Waals surface area contributed by atoms with Gasteiger partial charge in [-0.05, 0) is 11.6 Å². The molecule has 1 aromatic heterocycles. The first-order valence-corrected chi connectivity index (χ1v) is 7.46. The van der Waals surface area contributed by atoms with Gasteiger partial charge in [-0.3, -0.25) is 5.43 Å². The zero-order chi connectivity index (χ0) is 15.4. The zero-order valence-corrected chi connectivity index (χ0v) is 12.3. The van der Waals surface area contributed by atoms with Crippen LogP contribution >= 0.6 is 11.3 Å². The van der Waals surface area contributed by atoms with Crippen LogP contribution in [0.2, 0.25) is 0 Å². The second-order valence-corrected chi connectivity index (χ2v) is 5.37. The molecule has 2 aromatic carbocycles. The summed E-state index contributed by atoms with van der Waals surface area (Å²) in [6.45, 7) is 0. The molecule has 0 radical (unpaired) electrons. The van der Waals surface area contributed by atoms with E-state index in [0.717, 1.165) is 11.1 Å². The smallest absolute Gasteiger partial charge is 0.205 e. The van der Waals surface area contributed by atoms with Gasteiger partial charge in [-0.15, -0.1) is 11.3 Å². The second-order valence-electron chi connectivity index (χ2n) is 4.51. The van der Waals surface area contributed by atoms with Gasteiger partial charge in [0.2, 0.25) is 5.13 Å². The van der Waals surface area contributed by atoms with Crippen LogP contribution in [0.25, 0.3) is 11.1 Å². The van der Waals surface area contributed by atoms with Gasteiger partial charge in [-0.1, -0.05) is 42.5 Å². The first-order valence-electron chi connectivity index (χ1n) is 6.58. The molecule has 0 saturated heterocycles. The number of aromatic nitrogens is 1. The SMILES string of the molecule is Nc1csc(NN=Cc2ccccc2-c2ccccc2F)n1. The highest BCUT2D eigenvalue weighted by atomic mass is 32.1. The molecular formula is C16H13FN4S. The molecule has 0 amide bonds. The van der Waals surface area contributed by atoms with Gasteiger partial charge in [0.1, 0.15) is 11.6 Å². The quantitative estimate of drug-likeness (QED) is 0.566. The Morgan fingerprint density at radius 3 is 2.55 bits per heavy atom. The van der Waals surface area contributed by atoms with Crippen molar-refractivity contribution in [2.75, 3.05) is 11.2 Å². The summed E-state index contributed by atoms with van der Waals surface area (Å²) in [5.41, 5.74) is 10.5. The number of rotatable bonds is 4. The fourth-order valence-electron chi connectivity index (χ4n) is 2.03. The van der Waals surface area contributed by atoms with Gasteiger partial charge >= 0.3 is 0 Å². The second kappa shape index (κ2) is 6.36. The molecule has 0 unspecified atom stereocenters. The van der Waals surface area contributed by atoms with Crippen molar-refractivity contribution >= 4 is 28.5 Å². The number of nitrogens with two attached hydrogens (primary N) is 1. The lowest BCUT2D eigenvalue weighted by Crippen LogP contribution is -1.94. The van der Waals surface area contributed by atoms with E-state index < -0.39 is 0 Å². The van der Waals surface area contributed by atoms with E-state index in [1.807, 2.05) is 30.3 Å². The summed E-state index contributed by atoms with van der Waals surface area (Å²) in [6.07, 6.45) is 1.64. The normalized spacial score (nSPS) is 11.0. The molecular weight excluding hydrogens is 299 g/mol. The van der Waals surface area contributed by atoms with Crippen molar-refractivity contribution in [1.29, 1.82) is 0 Å². The van der Waals surface area contributed by atoms with E-state index in [9.17, 15) is 4.39 Å². The van der Waals surface area contributed by atoms with Crippen molar-refractivity contribution in [3.8, 4) is 11.1 Å². The number of hydrogen-bond acceptors (Lipinski definition) is 5. The monoisotopic (exact) mass is 312 g/mol. The molecule has 0 atom stereocenters. The molecule has 6 heteroatoms. The lowest BCUT2D eigenvalue weighted by atomic mass is 10.00. The predicted molar refractivity (Wildman–Crippen MR) is 89.6 cm³/mol. The van der Waals surface area contributed by atoms with Crippen molar-refractivity contribution in [3.05, 3.63) is 65.3 Å². The predicted octanol–water partition coefficient (Wildman–Crippen LogP) is 3.98. The van der Waals surface area contributed by atoms with Gasteiger partial charge < -0.3 is 5.73 Å². The van der Waals surface area contributed by atoms with Gasteiger partial charge in [-0.25, -0.2) is 9.37 Å². The minimum Gasteiger partial charge on any atom is -0.383 e. The molecule has 110 valence electrons. The van der Waals surface area contributed by atoms with Crippen LogP contribution in [-0.2, 0) is 0 Å². The van der Waals surface area contributed by atoms with Gasteiger partial charge in [0.15, 0.2) is 0 Å². The maximum atomic E-state index is 14.0. The van der Waals surface area contributed by atoms with Gasteiger partial charge in [0.05, 0.1) is 6.21 Å². The summed E-state index contributed by atoms with van der Waals surface area (Å²) < 4.78 is 14.0. The summed E-state index contributed by atoms with van der Waals surface area (Å²) in [7, 11) is 0. The largest absolute Gasteiger partial charge is 0.383 e. The highest BCUT2D eigenvalue weighted by molar-refractivity contribution is 7.14. The van der Waals surface area contributed by atoms with Crippen molar-refractivity contribution < 1.29 is 4.39 Å². The molecule has 0 aliphatic heterocycles. The fourth-order valence-corrected chi connectivity index (χ4v) is 2.58. The molecule has 1 heterocycles. The number of halogens is 1. The van der Waals surface area contributed by atoms with Crippen molar-refractivity contribution in [1.82, 2.24) is 4.98 Å². The van der Waals surface area contributed by atoms with Crippen molar-refractivity contribution in [2.24, 2.45) is 5.10 Å². The minimum atomic E-state index is -0.260. The standard InChI is InChI=1S/C16H13FN4S/c17-14-8-4-3-7-13(14)12-6-2-1-5-11(12)9-19-21-16-20-15(18)10-22-16/h1-10H,18H2,(H,20,21). The number of nitrogens with one attached hydrogen (secondary N) is 1. The average molecular weight is 312 g/mol. The number of hydrogen-bond donors (Lipinski definition) is 2. The van der Waals surface area contributed by atoms with E-state index in [1.54, 1.807) is 23.7 Å². The lowest BCUT2D eigenvalue weighted by Gasteiger charge is -2.06. The molecule has 0 fully saturated rings. The Morgan fingerprint density at radius 2 is 1.82 bits per heavy atom. The van der Waals surface area contributed by atoms with Gasteiger partial charge in [0, 0.05) is 16.5 Å². The van der Waals surface area contributed by atoms with E-state index in [1.165, 1.54) is 17.4 Å². The van der Waals surface area contributed by atoms with E-state index in [2.05, 4.69) is 15.5 Å². The van der Waals surface area contributed by atoms with Crippen molar-refractivity contribution in [3.63, 3.8) is 0 Å². The van der Waals surface area contributed by atoms with Crippen LogP contribution in [0.3, 0.4) is 0 Å². The summed E-state index contributed by atoms with van der Waals surface area (Å²) >= 11 is 1.37. The highest BCUT2D eigenvalue weighted by Gasteiger charge is 2.07. The summed E-state index contributed by atoms with van der Waals surface area (Å²) in [5, 5.41) is 6.47. The van der Waals surface area contributed by atoms with Crippen LogP contribution in [0.15, 0.2) is 59.0 Å². The number of nitrogens with zero attached hydrogens (tertiary/aromatic N) is 2. The Morgan fingerprint density at radius 1 is 1.09 bits per heavy atom. The molecule has 3 aromatic rings. The summed E-state index contributed by atoms with van der Waals surface area (Å²) in [5.74, 6) is 0.193. The highest BCUT2D eigenvalue weighted by Crippen LogP contribution is 2.25. The zero-order valence-electron chi connectivity index (χ0n) is 11.5. The van der Waals surface area contributed by atoms with E-state index >= 15 is 0 Å². The number of hydrazone groups is 1.